The van der Waals surface area contributed by atoms with E-state index in [-0.39, 0.29) is 11.2 Å². The van der Waals surface area contributed by atoms with Gasteiger partial charge in [0.15, 0.2) is 0 Å². The fraction of sp³-hybridized carbons (Fsp3) is 0.571. The Bertz CT molecular complexity index is 348. The number of phenolic OH excluding ortho intramolecular Hbond substituents is 1. The Labute approximate surface area is 97.9 Å². The third-order valence-electron chi connectivity index (χ3n) is 2.39. The number of aromatic hydroxyl groups is 1. The maximum Gasteiger partial charge on any atom is 0.118 e. The van der Waals surface area contributed by atoms with Crippen LogP contribution in [0.2, 0.25) is 0 Å². The molecular formula is C14H22O2. The highest BCUT2D eigenvalue weighted by Crippen LogP contribution is 2.25. The molecule has 0 aromatic heterocycles. The average molecular weight is 222 g/mol. The van der Waals surface area contributed by atoms with E-state index in [1.165, 1.54) is 5.56 Å². The van der Waals surface area contributed by atoms with Crippen molar-refractivity contribution in [3.8, 4) is 5.75 Å². The molecule has 0 spiro atoms. The highest BCUT2D eigenvalue weighted by Gasteiger charge is 2.13. The maximum absolute atomic E-state index is 9.67. The van der Waals surface area contributed by atoms with Gasteiger partial charge in [-0.15, -0.1) is 0 Å². The van der Waals surface area contributed by atoms with Gasteiger partial charge in [-0.3, -0.25) is 0 Å². The molecule has 16 heavy (non-hydrogen) atoms. The molecule has 1 atom stereocenters. The summed E-state index contributed by atoms with van der Waals surface area (Å²) in [4.78, 5) is 0. The zero-order valence-electron chi connectivity index (χ0n) is 10.6. The van der Waals surface area contributed by atoms with E-state index >= 15 is 0 Å². The largest absolute Gasteiger partial charge is 0.508 e. The molecule has 2 heteroatoms. The van der Waals surface area contributed by atoms with Crippen LogP contribution in [-0.4, -0.2) is 16.3 Å². The predicted octanol–water partition coefficient (Wildman–Crippen LogP) is 2.90. The smallest absolute Gasteiger partial charge is 0.118 e. The van der Waals surface area contributed by atoms with Gasteiger partial charge in [0.1, 0.15) is 5.75 Å². The molecule has 0 heterocycles. The van der Waals surface area contributed by atoms with Crippen molar-refractivity contribution < 1.29 is 10.2 Å². The van der Waals surface area contributed by atoms with Gasteiger partial charge in [0.2, 0.25) is 0 Å². The van der Waals surface area contributed by atoms with E-state index in [1.807, 2.05) is 12.1 Å². The van der Waals surface area contributed by atoms with Crippen LogP contribution in [0.1, 0.15) is 38.8 Å². The van der Waals surface area contributed by atoms with E-state index in [0.29, 0.717) is 6.42 Å². The fourth-order valence-electron chi connectivity index (χ4n) is 1.84. The van der Waals surface area contributed by atoms with E-state index in [2.05, 4.69) is 20.8 Å². The third-order valence-corrected chi connectivity index (χ3v) is 2.39. The van der Waals surface area contributed by atoms with Crippen LogP contribution in [0, 0.1) is 5.41 Å². The van der Waals surface area contributed by atoms with Crippen molar-refractivity contribution in [2.45, 2.75) is 46.6 Å². The van der Waals surface area contributed by atoms with Crippen molar-refractivity contribution in [3.63, 3.8) is 0 Å². The van der Waals surface area contributed by atoms with Crippen LogP contribution < -0.4 is 0 Å². The first kappa shape index (κ1) is 13.0. The van der Waals surface area contributed by atoms with Crippen molar-refractivity contribution in [2.24, 2.45) is 5.41 Å². The van der Waals surface area contributed by atoms with Crippen LogP contribution in [0.5, 0.6) is 5.75 Å². The van der Waals surface area contributed by atoms with Crippen molar-refractivity contribution in [2.75, 3.05) is 0 Å². The Hall–Kier alpha value is -1.02. The topological polar surface area (TPSA) is 40.5 Å². The normalized spacial score (nSPS) is 13.8. The van der Waals surface area contributed by atoms with Gasteiger partial charge in [-0.25, -0.2) is 0 Å². The van der Waals surface area contributed by atoms with E-state index in [4.69, 9.17) is 0 Å². The second-order valence-electron chi connectivity index (χ2n) is 5.75. The van der Waals surface area contributed by atoms with Crippen molar-refractivity contribution in [1.82, 2.24) is 0 Å². The standard InChI is InChI=1S/C14H22O2/c1-10(15)7-12-8-11(5-6-13(12)16)9-14(2,3)4/h5-6,8,10,15-16H,7,9H2,1-4H3. The molecule has 0 aliphatic rings. The number of rotatable bonds is 3. The number of benzene rings is 1. The molecule has 1 aromatic rings. The minimum atomic E-state index is -0.421. The summed E-state index contributed by atoms with van der Waals surface area (Å²) in [5.74, 6) is 0.276. The Morgan fingerprint density at radius 1 is 1.25 bits per heavy atom. The number of phenols is 1. The molecule has 0 radical (unpaired) electrons. The third kappa shape index (κ3) is 4.23. The molecule has 1 rings (SSSR count). The Balaban J connectivity index is 2.89. The summed E-state index contributed by atoms with van der Waals surface area (Å²) in [6.07, 6.45) is 1.06. The first-order chi connectivity index (χ1) is 7.28. The summed E-state index contributed by atoms with van der Waals surface area (Å²) in [6, 6.07) is 5.66. The Morgan fingerprint density at radius 2 is 1.88 bits per heavy atom. The summed E-state index contributed by atoms with van der Waals surface area (Å²) in [6.45, 7) is 8.30. The van der Waals surface area contributed by atoms with Crippen LogP contribution in [0.15, 0.2) is 18.2 Å². The summed E-state index contributed by atoms with van der Waals surface area (Å²) in [7, 11) is 0. The summed E-state index contributed by atoms with van der Waals surface area (Å²) in [5.41, 5.74) is 2.27. The number of aliphatic hydroxyl groups is 1. The van der Waals surface area contributed by atoms with Gasteiger partial charge in [-0.05, 0) is 36.0 Å². The zero-order chi connectivity index (χ0) is 12.3. The first-order valence-electron chi connectivity index (χ1n) is 5.77. The fourth-order valence-corrected chi connectivity index (χ4v) is 1.84. The van der Waals surface area contributed by atoms with Crippen molar-refractivity contribution in [3.05, 3.63) is 29.3 Å². The first-order valence-corrected chi connectivity index (χ1v) is 5.77. The van der Waals surface area contributed by atoms with Gasteiger partial charge in [-0.1, -0.05) is 32.9 Å². The molecule has 2 nitrogen and oxygen atoms in total. The minimum absolute atomic E-state index is 0.235. The lowest BCUT2D eigenvalue weighted by Gasteiger charge is -2.19. The highest BCUT2D eigenvalue weighted by molar-refractivity contribution is 5.37. The van der Waals surface area contributed by atoms with Crippen LogP contribution in [0.4, 0.5) is 0 Å². The minimum Gasteiger partial charge on any atom is -0.508 e. The molecule has 0 bridgehead atoms. The van der Waals surface area contributed by atoms with E-state index in [1.54, 1.807) is 13.0 Å². The maximum atomic E-state index is 9.67. The van der Waals surface area contributed by atoms with E-state index < -0.39 is 6.10 Å². The number of aliphatic hydroxyl groups excluding tert-OH is 1. The molecule has 1 aromatic carbocycles. The molecule has 2 N–H and O–H groups in total. The van der Waals surface area contributed by atoms with Crippen LogP contribution in [-0.2, 0) is 12.8 Å². The monoisotopic (exact) mass is 222 g/mol. The summed E-state index contributed by atoms with van der Waals surface area (Å²) in [5, 5.41) is 19.0. The summed E-state index contributed by atoms with van der Waals surface area (Å²) < 4.78 is 0. The number of hydrogen-bond donors (Lipinski definition) is 2. The van der Waals surface area contributed by atoms with Gasteiger partial charge < -0.3 is 10.2 Å². The average Bonchev–Trinajstić information content (AvgIpc) is 2.07. The molecule has 0 fully saturated rings. The van der Waals surface area contributed by atoms with E-state index in [9.17, 15) is 10.2 Å². The van der Waals surface area contributed by atoms with Crippen LogP contribution in [0.3, 0.4) is 0 Å². The second kappa shape index (κ2) is 4.88. The van der Waals surface area contributed by atoms with Gasteiger partial charge in [-0.2, -0.15) is 0 Å². The molecule has 1 unspecified atom stereocenters. The quantitative estimate of drug-likeness (QED) is 0.825. The molecule has 0 aliphatic carbocycles. The lowest BCUT2D eigenvalue weighted by molar-refractivity contribution is 0.194. The highest BCUT2D eigenvalue weighted by atomic mass is 16.3. The summed E-state index contributed by atoms with van der Waals surface area (Å²) >= 11 is 0. The molecule has 0 amide bonds. The van der Waals surface area contributed by atoms with E-state index in [0.717, 1.165) is 12.0 Å². The zero-order valence-corrected chi connectivity index (χ0v) is 10.6. The van der Waals surface area contributed by atoms with Crippen LogP contribution >= 0.6 is 0 Å². The number of hydrogen-bond acceptors (Lipinski definition) is 2. The Morgan fingerprint density at radius 3 is 2.38 bits per heavy atom. The second-order valence-corrected chi connectivity index (χ2v) is 5.75. The lowest BCUT2D eigenvalue weighted by atomic mass is 9.87. The van der Waals surface area contributed by atoms with Crippen LogP contribution in [0.25, 0.3) is 0 Å². The molecule has 0 aliphatic heterocycles. The SMILES string of the molecule is CC(O)Cc1cc(CC(C)(C)C)ccc1O. The van der Waals surface area contributed by atoms with Gasteiger partial charge >= 0.3 is 0 Å². The van der Waals surface area contributed by atoms with Crippen molar-refractivity contribution in [1.29, 1.82) is 0 Å². The molecule has 0 saturated carbocycles. The van der Waals surface area contributed by atoms with Crippen molar-refractivity contribution >= 4 is 0 Å². The Kier molecular flexibility index (Phi) is 3.98. The molecule has 90 valence electrons. The van der Waals surface area contributed by atoms with Gasteiger partial charge in [0.05, 0.1) is 6.10 Å². The molecule has 0 saturated heterocycles. The van der Waals surface area contributed by atoms with Gasteiger partial charge in [0.25, 0.3) is 0 Å². The predicted molar refractivity (Wildman–Crippen MR) is 66.7 cm³/mol. The lowest BCUT2D eigenvalue weighted by Crippen LogP contribution is -2.10. The van der Waals surface area contributed by atoms with Gasteiger partial charge in [0, 0.05) is 6.42 Å². The molecular weight excluding hydrogens is 200 g/mol.